The molecule has 25 heavy (non-hydrogen) atoms. The molecule has 3 atom stereocenters. The molecule has 0 aromatic heterocycles. The number of carbonyl (C=O) groups excluding carboxylic acids is 4. The molecule has 2 rings (SSSR count). The molecule has 3 N–H and O–H groups in total. The zero-order valence-corrected chi connectivity index (χ0v) is 16.0. The van der Waals surface area contributed by atoms with Crippen LogP contribution < -0.4 is 11.1 Å². The van der Waals surface area contributed by atoms with Crippen molar-refractivity contribution < 1.29 is 19.2 Å². The van der Waals surface area contributed by atoms with Crippen molar-refractivity contribution in [3.05, 3.63) is 0 Å². The van der Waals surface area contributed by atoms with Crippen LogP contribution in [0.2, 0.25) is 0 Å². The number of thioether (sulfide) groups is 2. The van der Waals surface area contributed by atoms with Crippen LogP contribution in [0.25, 0.3) is 0 Å². The summed E-state index contributed by atoms with van der Waals surface area (Å²) in [6.07, 6.45) is 4.58. The summed E-state index contributed by atoms with van der Waals surface area (Å²) in [5.41, 5.74) is 5.38. The number of nitrogens with zero attached hydrogens (tertiary/aromatic N) is 1. The van der Waals surface area contributed by atoms with Crippen molar-refractivity contribution in [3.8, 4) is 0 Å². The first-order chi connectivity index (χ1) is 11.9. The molecule has 0 radical (unpaired) electrons. The Hall–Kier alpha value is -1.22. The lowest BCUT2D eigenvalue weighted by atomic mass is 9.87. The highest BCUT2D eigenvalue weighted by Crippen LogP contribution is 2.24. The lowest BCUT2D eigenvalue weighted by Gasteiger charge is -2.29. The Morgan fingerprint density at radius 1 is 1.44 bits per heavy atom. The lowest BCUT2D eigenvalue weighted by Crippen LogP contribution is -2.54. The number of Topliss-reactive ketones (excluding diaryl/α,β-unsaturated/α-hetero) is 1. The van der Waals surface area contributed by atoms with E-state index in [1.54, 1.807) is 11.8 Å². The predicted octanol–water partition coefficient (Wildman–Crippen LogP) is 0.370. The van der Waals surface area contributed by atoms with Crippen LogP contribution in [0.15, 0.2) is 0 Å². The standard InChI is InChI=1S/C16H25N3O4S2/c1-24-6-5-12(16(23)19-9-25-8-13(19)14(17)21)18-15(22)10-3-2-4-11(20)7-10/h10,12-13H,2-9H2,1H3,(H2,17,21)(H,18,22)/t10?,12-,13?/m1/s1. The minimum Gasteiger partial charge on any atom is -0.368 e. The third-order valence-electron chi connectivity index (χ3n) is 4.57. The first-order valence-corrected chi connectivity index (χ1v) is 11.0. The van der Waals surface area contributed by atoms with Crippen LogP contribution in [0, 0.1) is 5.92 Å². The topological polar surface area (TPSA) is 110 Å². The molecule has 7 nitrogen and oxygen atoms in total. The number of hydrogen-bond donors (Lipinski definition) is 2. The number of carbonyl (C=O) groups is 4. The van der Waals surface area contributed by atoms with E-state index < -0.39 is 18.0 Å². The van der Waals surface area contributed by atoms with Gasteiger partial charge in [0.25, 0.3) is 0 Å². The molecule has 1 aliphatic carbocycles. The predicted molar refractivity (Wildman–Crippen MR) is 99.0 cm³/mol. The highest BCUT2D eigenvalue weighted by atomic mass is 32.2. The van der Waals surface area contributed by atoms with Crippen molar-refractivity contribution in [2.24, 2.45) is 11.7 Å². The van der Waals surface area contributed by atoms with Crippen LogP contribution in [-0.4, -0.2) is 64.1 Å². The molecule has 3 amide bonds. The van der Waals surface area contributed by atoms with Crippen LogP contribution in [-0.2, 0) is 19.2 Å². The smallest absolute Gasteiger partial charge is 0.246 e. The van der Waals surface area contributed by atoms with Crippen LogP contribution in [0.1, 0.15) is 32.1 Å². The third-order valence-corrected chi connectivity index (χ3v) is 6.23. The summed E-state index contributed by atoms with van der Waals surface area (Å²) >= 11 is 3.06. The molecule has 140 valence electrons. The summed E-state index contributed by atoms with van der Waals surface area (Å²) in [7, 11) is 0. The van der Waals surface area contributed by atoms with E-state index in [9.17, 15) is 19.2 Å². The first kappa shape index (κ1) is 20.1. The second-order valence-electron chi connectivity index (χ2n) is 6.40. The van der Waals surface area contributed by atoms with E-state index in [1.165, 1.54) is 16.7 Å². The van der Waals surface area contributed by atoms with Gasteiger partial charge >= 0.3 is 0 Å². The van der Waals surface area contributed by atoms with Crippen molar-refractivity contribution in [1.29, 1.82) is 0 Å². The van der Waals surface area contributed by atoms with Crippen molar-refractivity contribution in [2.75, 3.05) is 23.6 Å². The van der Waals surface area contributed by atoms with E-state index in [4.69, 9.17) is 5.73 Å². The zero-order valence-electron chi connectivity index (χ0n) is 14.4. The minimum atomic E-state index is -0.683. The Morgan fingerprint density at radius 3 is 2.84 bits per heavy atom. The molecular formula is C16H25N3O4S2. The maximum atomic E-state index is 12.9. The molecular weight excluding hydrogens is 362 g/mol. The number of nitrogens with one attached hydrogen (secondary N) is 1. The Balaban J connectivity index is 2.04. The molecule has 0 aromatic carbocycles. The van der Waals surface area contributed by atoms with Crippen molar-refractivity contribution >= 4 is 47.0 Å². The maximum Gasteiger partial charge on any atom is 0.246 e. The van der Waals surface area contributed by atoms with E-state index in [-0.39, 0.29) is 29.9 Å². The van der Waals surface area contributed by atoms with Crippen molar-refractivity contribution in [1.82, 2.24) is 10.2 Å². The van der Waals surface area contributed by atoms with E-state index in [1.807, 2.05) is 6.26 Å². The Kier molecular flexibility index (Phi) is 7.61. The van der Waals surface area contributed by atoms with Gasteiger partial charge in [0.1, 0.15) is 17.9 Å². The summed E-state index contributed by atoms with van der Waals surface area (Å²) in [5, 5.41) is 2.82. The van der Waals surface area contributed by atoms with Crippen LogP contribution in [0.4, 0.5) is 0 Å². The second kappa shape index (κ2) is 9.47. The van der Waals surface area contributed by atoms with Crippen LogP contribution in [0.5, 0.6) is 0 Å². The molecule has 1 aliphatic heterocycles. The molecule has 2 aliphatic rings. The summed E-state index contributed by atoms with van der Waals surface area (Å²) in [5.74, 6) is 0.317. The number of nitrogens with two attached hydrogens (primary N) is 1. The number of rotatable bonds is 7. The Labute approximate surface area is 156 Å². The molecule has 0 spiro atoms. The molecule has 2 unspecified atom stereocenters. The minimum absolute atomic E-state index is 0.100. The normalized spacial score (nSPS) is 24.8. The lowest BCUT2D eigenvalue weighted by molar-refractivity contribution is -0.141. The van der Waals surface area contributed by atoms with Gasteiger partial charge < -0.3 is 16.0 Å². The van der Waals surface area contributed by atoms with Gasteiger partial charge in [-0.25, -0.2) is 0 Å². The van der Waals surface area contributed by atoms with Gasteiger partial charge in [0.05, 0.1) is 5.88 Å². The highest BCUT2D eigenvalue weighted by Gasteiger charge is 2.37. The average molecular weight is 388 g/mol. The maximum absolute atomic E-state index is 12.9. The summed E-state index contributed by atoms with van der Waals surface area (Å²) in [6, 6.07) is -1.31. The third kappa shape index (κ3) is 5.37. The van der Waals surface area contributed by atoms with Gasteiger partial charge in [0, 0.05) is 24.5 Å². The number of primary amides is 1. The van der Waals surface area contributed by atoms with E-state index >= 15 is 0 Å². The second-order valence-corrected chi connectivity index (χ2v) is 8.39. The van der Waals surface area contributed by atoms with Crippen molar-refractivity contribution in [2.45, 2.75) is 44.2 Å². The number of hydrogen-bond acceptors (Lipinski definition) is 6. The number of amides is 3. The quantitative estimate of drug-likeness (QED) is 0.653. The zero-order chi connectivity index (χ0) is 18.4. The Morgan fingerprint density at radius 2 is 2.20 bits per heavy atom. The van der Waals surface area contributed by atoms with Gasteiger partial charge in [-0.3, -0.25) is 19.2 Å². The monoisotopic (exact) mass is 387 g/mol. The van der Waals surface area contributed by atoms with Gasteiger partial charge in [-0.2, -0.15) is 11.8 Å². The Bertz CT molecular complexity index is 543. The van der Waals surface area contributed by atoms with E-state index in [0.29, 0.717) is 43.1 Å². The number of ketones is 1. The van der Waals surface area contributed by atoms with E-state index in [2.05, 4.69) is 5.32 Å². The molecule has 9 heteroatoms. The highest BCUT2D eigenvalue weighted by molar-refractivity contribution is 7.99. The fourth-order valence-electron chi connectivity index (χ4n) is 3.13. The van der Waals surface area contributed by atoms with Crippen LogP contribution in [0.3, 0.4) is 0 Å². The van der Waals surface area contributed by atoms with Gasteiger partial charge in [0.15, 0.2) is 0 Å². The van der Waals surface area contributed by atoms with E-state index in [0.717, 1.165) is 0 Å². The molecule has 0 bridgehead atoms. The van der Waals surface area contributed by atoms with Gasteiger partial charge in [-0.15, -0.1) is 11.8 Å². The fraction of sp³-hybridized carbons (Fsp3) is 0.750. The summed E-state index contributed by atoms with van der Waals surface area (Å²) < 4.78 is 0. The molecule has 1 saturated carbocycles. The molecule has 0 aromatic rings. The van der Waals surface area contributed by atoms with Gasteiger partial charge in [0.2, 0.25) is 17.7 Å². The van der Waals surface area contributed by atoms with Crippen LogP contribution >= 0.6 is 23.5 Å². The van der Waals surface area contributed by atoms with Gasteiger partial charge in [-0.1, -0.05) is 0 Å². The SMILES string of the molecule is CSCC[C@@H](NC(=O)C1CCCC(=O)C1)C(=O)N1CSCC1C(N)=O. The summed E-state index contributed by atoms with van der Waals surface area (Å²) in [6.45, 7) is 0. The van der Waals surface area contributed by atoms with Gasteiger partial charge in [-0.05, 0) is 31.3 Å². The first-order valence-electron chi connectivity index (χ1n) is 8.42. The molecule has 1 saturated heterocycles. The van der Waals surface area contributed by atoms with Crippen molar-refractivity contribution in [3.63, 3.8) is 0 Å². The average Bonchev–Trinajstić information content (AvgIpc) is 3.07. The largest absolute Gasteiger partial charge is 0.368 e. The molecule has 1 heterocycles. The summed E-state index contributed by atoms with van der Waals surface area (Å²) in [4.78, 5) is 50.0. The fourth-order valence-corrected chi connectivity index (χ4v) is 4.77. The molecule has 2 fully saturated rings.